The monoisotopic (exact) mass is 825 g/mol. The van der Waals surface area contributed by atoms with Crippen LogP contribution in [0.25, 0.3) is 0 Å². The summed E-state index contributed by atoms with van der Waals surface area (Å²) in [6.07, 6.45) is -10.9. The molecule has 0 aliphatic carbocycles. The third-order valence-corrected chi connectivity index (χ3v) is 11.7. The lowest BCUT2D eigenvalue weighted by Crippen LogP contribution is -2.48. The van der Waals surface area contributed by atoms with Crippen LogP contribution in [0.15, 0.2) is 110 Å². The summed E-state index contributed by atoms with van der Waals surface area (Å²) in [7, 11) is -9.48. The summed E-state index contributed by atoms with van der Waals surface area (Å²) < 4.78 is 153. The second-order valence-corrected chi connectivity index (χ2v) is 16.3. The number of ether oxygens (including phenoxy) is 1. The van der Waals surface area contributed by atoms with Gasteiger partial charge in [0.25, 0.3) is 20.1 Å². The lowest BCUT2D eigenvalue weighted by molar-refractivity contribution is -0.138. The van der Waals surface area contributed by atoms with Gasteiger partial charge in [-0.05, 0) is 73.7 Å². The standard InChI is InChI=1S/C32H26BrF6NO7S3/c1-20-8-11-25(12-9-20)48-45-18-21(19-46-50(43,44)27-7-3-5-23(15-27)32(37,38)39)30-17-40(28-16-24(33)10-13-29(28)47-30)49(41,42)26-6-2-4-22(14-26)31(34,35)36/h2-16,21,30H,17-19H2,1H3. The Balaban J connectivity index is 1.48. The van der Waals surface area contributed by atoms with E-state index in [4.69, 9.17) is 13.1 Å². The van der Waals surface area contributed by atoms with Crippen molar-refractivity contribution in [3.8, 4) is 5.75 Å². The van der Waals surface area contributed by atoms with Gasteiger partial charge in [0.2, 0.25) is 0 Å². The number of nitrogens with zero attached hydrogens (tertiary/aromatic N) is 1. The minimum Gasteiger partial charge on any atom is -0.486 e. The third kappa shape index (κ3) is 8.95. The van der Waals surface area contributed by atoms with Crippen molar-refractivity contribution in [2.45, 2.75) is 40.1 Å². The molecule has 1 aliphatic heterocycles. The predicted octanol–water partition coefficient (Wildman–Crippen LogP) is 8.50. The molecule has 8 nitrogen and oxygen atoms in total. The van der Waals surface area contributed by atoms with Crippen LogP contribution >= 0.6 is 28.0 Å². The molecule has 0 N–H and O–H groups in total. The maximum atomic E-state index is 14.0. The normalized spacial score (nSPS) is 16.1. The van der Waals surface area contributed by atoms with Crippen LogP contribution in [-0.4, -0.2) is 42.7 Å². The van der Waals surface area contributed by atoms with Crippen molar-refractivity contribution >= 4 is 53.8 Å². The SMILES string of the molecule is Cc1ccc(SOCC(COS(=O)(=O)c2cccc(C(F)(F)F)c2)C2CN(S(=O)(=O)c3cccc(C(F)(F)F)c3)c3cc(Br)ccc3O2)cc1. The number of alkyl halides is 6. The Morgan fingerprint density at radius 1 is 0.840 bits per heavy atom. The van der Waals surface area contributed by atoms with Gasteiger partial charge in [-0.3, -0.25) is 8.49 Å². The van der Waals surface area contributed by atoms with E-state index in [1.165, 1.54) is 18.2 Å². The minimum absolute atomic E-state index is 0.00285. The highest BCUT2D eigenvalue weighted by molar-refractivity contribution is 9.10. The van der Waals surface area contributed by atoms with E-state index in [0.717, 1.165) is 52.2 Å². The van der Waals surface area contributed by atoms with Crippen LogP contribution in [0.5, 0.6) is 5.75 Å². The maximum Gasteiger partial charge on any atom is 0.416 e. The first-order valence-electron chi connectivity index (χ1n) is 14.4. The largest absolute Gasteiger partial charge is 0.486 e. The van der Waals surface area contributed by atoms with Gasteiger partial charge in [-0.2, -0.15) is 34.8 Å². The highest BCUT2D eigenvalue weighted by Gasteiger charge is 2.40. The summed E-state index contributed by atoms with van der Waals surface area (Å²) >= 11 is 4.18. The second kappa shape index (κ2) is 14.7. The summed E-state index contributed by atoms with van der Waals surface area (Å²) in [5.41, 5.74) is -1.45. The van der Waals surface area contributed by atoms with Crippen molar-refractivity contribution < 1.29 is 56.3 Å². The van der Waals surface area contributed by atoms with E-state index >= 15 is 0 Å². The summed E-state index contributed by atoms with van der Waals surface area (Å²) in [4.78, 5) is -0.764. The van der Waals surface area contributed by atoms with Crippen molar-refractivity contribution in [3.05, 3.63) is 112 Å². The number of aryl methyl sites for hydroxylation is 1. The zero-order chi connectivity index (χ0) is 36.5. The summed E-state index contributed by atoms with van der Waals surface area (Å²) in [6, 6.07) is 17.7. The molecular formula is C32H26BrF6NO7S3. The molecule has 4 aromatic carbocycles. The number of fused-ring (bicyclic) bond motifs is 1. The number of rotatable bonds is 11. The van der Waals surface area contributed by atoms with Crippen LogP contribution in [0, 0.1) is 12.8 Å². The molecule has 0 spiro atoms. The predicted molar refractivity (Wildman–Crippen MR) is 176 cm³/mol. The Labute approximate surface area is 296 Å². The van der Waals surface area contributed by atoms with Crippen molar-refractivity contribution in [1.82, 2.24) is 0 Å². The van der Waals surface area contributed by atoms with E-state index in [2.05, 4.69) is 15.9 Å². The van der Waals surface area contributed by atoms with Crippen LogP contribution < -0.4 is 9.04 Å². The van der Waals surface area contributed by atoms with Crippen LogP contribution in [0.4, 0.5) is 32.0 Å². The van der Waals surface area contributed by atoms with Crippen molar-refractivity contribution in [2.24, 2.45) is 5.92 Å². The maximum absolute atomic E-state index is 14.0. The van der Waals surface area contributed by atoms with Crippen molar-refractivity contribution in [2.75, 3.05) is 24.1 Å². The third-order valence-electron chi connectivity index (χ3n) is 7.43. The van der Waals surface area contributed by atoms with Gasteiger partial charge in [-0.1, -0.05) is 45.8 Å². The molecule has 1 heterocycles. The molecule has 0 fully saturated rings. The first-order chi connectivity index (χ1) is 23.3. The fraction of sp³-hybridized carbons (Fsp3) is 0.250. The van der Waals surface area contributed by atoms with E-state index in [0.29, 0.717) is 27.6 Å². The first-order valence-corrected chi connectivity index (χ1v) is 18.8. The van der Waals surface area contributed by atoms with Gasteiger partial charge in [0.1, 0.15) is 11.9 Å². The fourth-order valence-electron chi connectivity index (χ4n) is 4.80. The van der Waals surface area contributed by atoms with E-state index < -0.39 is 78.6 Å². The lowest BCUT2D eigenvalue weighted by atomic mass is 10.0. The number of benzene rings is 4. The molecule has 1 aliphatic rings. The van der Waals surface area contributed by atoms with E-state index in [1.54, 1.807) is 12.1 Å². The molecule has 0 saturated carbocycles. The van der Waals surface area contributed by atoms with Gasteiger partial charge in [-0.25, -0.2) is 8.42 Å². The minimum atomic E-state index is -4.83. The number of sulfonamides is 1. The zero-order valence-electron chi connectivity index (χ0n) is 25.6. The molecule has 0 radical (unpaired) electrons. The van der Waals surface area contributed by atoms with Crippen molar-refractivity contribution in [3.63, 3.8) is 0 Å². The molecule has 268 valence electrons. The van der Waals surface area contributed by atoms with E-state index in [9.17, 15) is 43.2 Å². The molecular weight excluding hydrogens is 800 g/mol. The molecule has 0 bridgehead atoms. The molecule has 0 saturated heterocycles. The Bertz CT molecular complexity index is 2060. The molecule has 4 aromatic rings. The number of hydrogen-bond acceptors (Lipinski definition) is 8. The highest BCUT2D eigenvalue weighted by atomic mass is 79.9. The topological polar surface area (TPSA) is 99.2 Å². The van der Waals surface area contributed by atoms with Crippen LogP contribution in [0.3, 0.4) is 0 Å². The van der Waals surface area contributed by atoms with Gasteiger partial charge in [0, 0.05) is 27.3 Å². The number of halogens is 7. The molecule has 2 unspecified atom stereocenters. The quantitative estimate of drug-likeness (QED) is 0.0844. The van der Waals surface area contributed by atoms with Crippen LogP contribution in [0.1, 0.15) is 16.7 Å². The van der Waals surface area contributed by atoms with E-state index in [1.807, 2.05) is 19.1 Å². The summed E-state index contributed by atoms with van der Waals surface area (Å²) in [5.74, 6) is -1.10. The first kappa shape index (κ1) is 38.0. The average molecular weight is 827 g/mol. The Kier molecular flexibility index (Phi) is 11.2. The van der Waals surface area contributed by atoms with Crippen LogP contribution in [-0.2, 0) is 40.9 Å². The second-order valence-electron chi connectivity index (χ2n) is 11.0. The number of anilines is 1. The lowest BCUT2D eigenvalue weighted by Gasteiger charge is -2.38. The fourth-order valence-corrected chi connectivity index (χ4v) is 8.31. The Morgan fingerprint density at radius 2 is 1.44 bits per heavy atom. The summed E-state index contributed by atoms with van der Waals surface area (Å²) in [5, 5.41) is 0. The number of hydrogen-bond donors (Lipinski definition) is 0. The Morgan fingerprint density at radius 3 is 2.06 bits per heavy atom. The molecule has 0 amide bonds. The Hall–Kier alpha value is -3.29. The molecule has 5 rings (SSSR count). The summed E-state index contributed by atoms with van der Waals surface area (Å²) in [6.45, 7) is 0.299. The van der Waals surface area contributed by atoms with Crippen LogP contribution in [0.2, 0.25) is 0 Å². The smallest absolute Gasteiger partial charge is 0.416 e. The van der Waals surface area contributed by atoms with Gasteiger partial charge < -0.3 is 8.92 Å². The van der Waals surface area contributed by atoms with Gasteiger partial charge >= 0.3 is 12.4 Å². The van der Waals surface area contributed by atoms with Gasteiger partial charge in [-0.15, -0.1) is 0 Å². The van der Waals surface area contributed by atoms with E-state index in [-0.39, 0.29) is 18.0 Å². The highest BCUT2D eigenvalue weighted by Crippen LogP contribution is 2.41. The molecule has 50 heavy (non-hydrogen) atoms. The average Bonchev–Trinajstić information content (AvgIpc) is 3.06. The van der Waals surface area contributed by atoms with Gasteiger partial charge in [0.15, 0.2) is 0 Å². The zero-order valence-corrected chi connectivity index (χ0v) is 29.6. The van der Waals surface area contributed by atoms with Gasteiger partial charge in [0.05, 0.1) is 46.4 Å². The molecule has 0 aromatic heterocycles. The molecule has 2 atom stereocenters. The van der Waals surface area contributed by atoms with Crippen molar-refractivity contribution in [1.29, 1.82) is 0 Å². The molecule has 18 heteroatoms.